The van der Waals surface area contributed by atoms with Crippen molar-refractivity contribution in [3.63, 3.8) is 0 Å². The molecule has 4 heteroatoms. The summed E-state index contributed by atoms with van der Waals surface area (Å²) in [4.78, 5) is 2.72. The van der Waals surface area contributed by atoms with E-state index in [0.717, 1.165) is 12.8 Å². The summed E-state index contributed by atoms with van der Waals surface area (Å²) in [7, 11) is 0. The predicted octanol–water partition coefficient (Wildman–Crippen LogP) is 3.20. The molecular weight excluding hydrogens is 178 g/mol. The average molecular weight is 195 g/mol. The first-order valence-corrected chi connectivity index (χ1v) is 4.90. The van der Waals surface area contributed by atoms with Crippen molar-refractivity contribution in [2.75, 3.05) is 6.54 Å². The lowest BCUT2D eigenvalue weighted by Crippen LogP contribution is -2.11. The molecule has 0 bridgehead atoms. The maximum absolute atomic E-state index is 8.16. The molecule has 0 spiro atoms. The fourth-order valence-corrected chi connectivity index (χ4v) is 1.50. The van der Waals surface area contributed by atoms with Crippen LogP contribution in [0.4, 0.5) is 0 Å². The molecule has 1 saturated heterocycles. The first-order chi connectivity index (χ1) is 6.58. The second-order valence-corrected chi connectivity index (χ2v) is 4.15. The van der Waals surface area contributed by atoms with Gasteiger partial charge in [0.2, 0.25) is 0 Å². The fourth-order valence-electron chi connectivity index (χ4n) is 1.50. The highest BCUT2D eigenvalue weighted by atomic mass is 16.6. The molecule has 2 atom stereocenters. The molecule has 0 aromatic heterocycles. The zero-order chi connectivity index (χ0) is 10.6. The summed E-state index contributed by atoms with van der Waals surface area (Å²) in [6.45, 7) is 6.71. The van der Waals surface area contributed by atoms with Gasteiger partial charge in [-0.05, 0) is 39.1 Å². The normalized spacial score (nSPS) is 29.2. The van der Waals surface area contributed by atoms with Gasteiger partial charge < -0.3 is 4.74 Å². The average Bonchev–Trinajstić information content (AvgIpc) is 2.73. The van der Waals surface area contributed by atoms with Gasteiger partial charge in [0, 0.05) is 4.91 Å². The van der Waals surface area contributed by atoms with Gasteiger partial charge in [0.25, 0.3) is 0 Å². The lowest BCUT2D eigenvalue weighted by molar-refractivity contribution is 0.298. The fraction of sp³-hybridized carbons (Fsp3) is 0.800. The van der Waals surface area contributed by atoms with Crippen LogP contribution in [0.15, 0.2) is 16.8 Å². The Kier molecular flexibility index (Phi) is 3.55. The van der Waals surface area contributed by atoms with Crippen LogP contribution in [0, 0.1) is 0 Å². The minimum Gasteiger partial charge on any atom is -0.366 e. The Labute approximate surface area is 84.6 Å². The summed E-state index contributed by atoms with van der Waals surface area (Å²) in [5.41, 5.74) is 9.43. The first kappa shape index (κ1) is 11.1. The van der Waals surface area contributed by atoms with Crippen molar-refractivity contribution in [1.82, 2.24) is 0 Å². The minimum atomic E-state index is -0.0554. The van der Waals surface area contributed by atoms with Crippen LogP contribution in [-0.4, -0.2) is 18.2 Å². The van der Waals surface area contributed by atoms with Crippen LogP contribution in [0.3, 0.4) is 0 Å². The van der Waals surface area contributed by atoms with E-state index in [1.165, 1.54) is 5.57 Å². The van der Waals surface area contributed by atoms with E-state index in [1.54, 1.807) is 0 Å². The molecule has 0 amide bonds. The van der Waals surface area contributed by atoms with Crippen molar-refractivity contribution in [3.8, 4) is 0 Å². The lowest BCUT2D eigenvalue weighted by Gasteiger charge is -2.02. The molecule has 0 unspecified atom stereocenters. The third-order valence-electron chi connectivity index (χ3n) is 2.54. The highest BCUT2D eigenvalue weighted by Crippen LogP contribution is 2.40. The van der Waals surface area contributed by atoms with Crippen LogP contribution in [0.1, 0.15) is 33.6 Å². The van der Waals surface area contributed by atoms with Gasteiger partial charge in [0.05, 0.1) is 18.2 Å². The van der Waals surface area contributed by atoms with Crippen molar-refractivity contribution in [2.24, 2.45) is 5.11 Å². The third-order valence-corrected chi connectivity index (χ3v) is 2.54. The van der Waals surface area contributed by atoms with E-state index in [2.05, 4.69) is 36.9 Å². The van der Waals surface area contributed by atoms with Crippen molar-refractivity contribution in [3.05, 3.63) is 22.1 Å². The zero-order valence-electron chi connectivity index (χ0n) is 9.03. The predicted molar refractivity (Wildman–Crippen MR) is 56.0 cm³/mol. The van der Waals surface area contributed by atoms with Crippen LogP contribution in [0.2, 0.25) is 0 Å². The quantitative estimate of drug-likeness (QED) is 0.218. The molecule has 0 N–H and O–H groups in total. The van der Waals surface area contributed by atoms with Crippen LogP contribution in [-0.2, 0) is 4.74 Å². The highest BCUT2D eigenvalue weighted by Gasteiger charge is 2.50. The molecule has 1 aliphatic heterocycles. The van der Waals surface area contributed by atoms with Gasteiger partial charge in [0.15, 0.2) is 0 Å². The van der Waals surface area contributed by atoms with Crippen molar-refractivity contribution in [2.45, 2.75) is 45.3 Å². The van der Waals surface area contributed by atoms with Crippen LogP contribution < -0.4 is 0 Å². The molecule has 1 aliphatic rings. The largest absolute Gasteiger partial charge is 0.366 e. The van der Waals surface area contributed by atoms with Crippen LogP contribution in [0.25, 0.3) is 10.4 Å². The molecule has 1 rings (SSSR count). The summed E-state index contributed by atoms with van der Waals surface area (Å²) in [6.07, 6.45) is 4.37. The van der Waals surface area contributed by atoms with Crippen LogP contribution in [0.5, 0.6) is 0 Å². The van der Waals surface area contributed by atoms with Gasteiger partial charge in [0.1, 0.15) is 0 Å². The van der Waals surface area contributed by atoms with E-state index >= 15 is 0 Å². The van der Waals surface area contributed by atoms with Gasteiger partial charge in [-0.15, -0.1) is 0 Å². The topological polar surface area (TPSA) is 61.3 Å². The van der Waals surface area contributed by atoms with Crippen molar-refractivity contribution < 1.29 is 4.74 Å². The molecule has 0 aromatic carbocycles. The molecule has 0 saturated carbocycles. The molecule has 1 fully saturated rings. The number of nitrogens with zero attached hydrogens (tertiary/aromatic N) is 3. The second-order valence-electron chi connectivity index (χ2n) is 4.15. The lowest BCUT2D eigenvalue weighted by atomic mass is 10.0. The van der Waals surface area contributed by atoms with Gasteiger partial charge in [-0.2, -0.15) is 0 Å². The standard InChI is InChI=1S/C10H17N3O/c1-8(2)5-4-6-10(3)9(14-10)7-12-13-11/h5,9H,4,6-7H2,1-3H3/t9-,10-/m0/s1. The maximum Gasteiger partial charge on any atom is 0.0927 e. The van der Waals surface area contributed by atoms with E-state index < -0.39 is 0 Å². The Morgan fingerprint density at radius 2 is 2.36 bits per heavy atom. The van der Waals surface area contributed by atoms with E-state index in [9.17, 15) is 0 Å². The Morgan fingerprint density at radius 1 is 1.64 bits per heavy atom. The van der Waals surface area contributed by atoms with Crippen LogP contribution >= 0.6 is 0 Å². The van der Waals surface area contributed by atoms with Gasteiger partial charge in [-0.1, -0.05) is 16.8 Å². The Balaban J connectivity index is 2.26. The molecule has 1 heterocycles. The number of hydrogen-bond acceptors (Lipinski definition) is 2. The molecule has 14 heavy (non-hydrogen) atoms. The Hall–Kier alpha value is -0.990. The Bertz CT molecular complexity index is 277. The van der Waals surface area contributed by atoms with Crippen molar-refractivity contribution >= 4 is 0 Å². The SMILES string of the molecule is CC(C)=CCC[C@]1(C)O[C@H]1CN=[N+]=[N-]. The van der Waals surface area contributed by atoms with E-state index in [1.807, 2.05) is 0 Å². The van der Waals surface area contributed by atoms with E-state index in [-0.39, 0.29) is 11.7 Å². The number of azide groups is 1. The first-order valence-electron chi connectivity index (χ1n) is 4.90. The summed E-state index contributed by atoms with van der Waals surface area (Å²) >= 11 is 0. The zero-order valence-corrected chi connectivity index (χ0v) is 9.03. The number of allylic oxidation sites excluding steroid dienone is 2. The monoisotopic (exact) mass is 195 g/mol. The molecule has 0 radical (unpaired) electrons. The molecule has 0 aliphatic carbocycles. The molecule has 78 valence electrons. The summed E-state index contributed by atoms with van der Waals surface area (Å²) in [5.74, 6) is 0. The van der Waals surface area contributed by atoms with Gasteiger partial charge in [-0.25, -0.2) is 0 Å². The summed E-state index contributed by atoms with van der Waals surface area (Å²) in [6, 6.07) is 0. The number of ether oxygens (including phenoxy) is 1. The number of epoxide rings is 1. The van der Waals surface area contributed by atoms with Gasteiger partial charge >= 0.3 is 0 Å². The molecule has 4 nitrogen and oxygen atoms in total. The third kappa shape index (κ3) is 3.05. The summed E-state index contributed by atoms with van der Waals surface area (Å²) in [5, 5.41) is 3.51. The van der Waals surface area contributed by atoms with E-state index in [0.29, 0.717) is 6.54 Å². The summed E-state index contributed by atoms with van der Waals surface area (Å²) < 4.78 is 5.49. The highest BCUT2D eigenvalue weighted by molar-refractivity contribution is 5.03. The number of rotatable bonds is 5. The smallest absolute Gasteiger partial charge is 0.0927 e. The number of hydrogen-bond donors (Lipinski definition) is 0. The van der Waals surface area contributed by atoms with E-state index in [4.69, 9.17) is 10.3 Å². The molecular formula is C10H17N3O. The van der Waals surface area contributed by atoms with Crippen molar-refractivity contribution in [1.29, 1.82) is 0 Å². The second kappa shape index (κ2) is 4.49. The maximum atomic E-state index is 8.16. The molecule has 0 aromatic rings. The Morgan fingerprint density at radius 3 is 2.93 bits per heavy atom. The minimum absolute atomic E-state index is 0.0554. The van der Waals surface area contributed by atoms with Gasteiger partial charge in [-0.3, -0.25) is 0 Å².